The number of aromatic nitrogens is 1. The van der Waals surface area contributed by atoms with Gasteiger partial charge in [0.25, 0.3) is 0 Å². The Hall–Kier alpha value is -2.62. The summed E-state index contributed by atoms with van der Waals surface area (Å²) in [4.78, 5) is 12.0. The molecule has 1 aliphatic rings. The van der Waals surface area contributed by atoms with Crippen LogP contribution < -0.4 is 5.32 Å². The lowest BCUT2D eigenvalue weighted by Crippen LogP contribution is -2.25. The van der Waals surface area contributed by atoms with Crippen LogP contribution in [0.5, 0.6) is 0 Å². The Bertz CT molecular complexity index is 894. The number of carbonyl (C=O) groups is 1. The molecule has 1 aliphatic carbocycles. The zero-order chi connectivity index (χ0) is 17.2. The van der Waals surface area contributed by atoms with Gasteiger partial charge in [-0.2, -0.15) is 0 Å². The van der Waals surface area contributed by atoms with E-state index < -0.39 is 0 Å². The van der Waals surface area contributed by atoms with E-state index in [4.69, 9.17) is 0 Å². The van der Waals surface area contributed by atoms with Crippen LogP contribution in [0.4, 0.5) is 4.39 Å². The number of hydrogen-bond acceptors (Lipinski definition) is 1. The quantitative estimate of drug-likeness (QED) is 0.724. The van der Waals surface area contributed by atoms with E-state index >= 15 is 0 Å². The van der Waals surface area contributed by atoms with Gasteiger partial charge in [0.15, 0.2) is 0 Å². The molecule has 1 amide bonds. The van der Waals surface area contributed by atoms with Gasteiger partial charge in [0, 0.05) is 36.1 Å². The van der Waals surface area contributed by atoms with E-state index in [2.05, 4.69) is 28.2 Å². The number of para-hydroxylation sites is 1. The first kappa shape index (κ1) is 15.9. The number of halogens is 1. The number of benzene rings is 2. The average Bonchev–Trinajstić information content (AvgIpc) is 3.36. The lowest BCUT2D eigenvalue weighted by atomic mass is 10.1. The minimum absolute atomic E-state index is 0.137. The lowest BCUT2D eigenvalue weighted by Gasteiger charge is -2.05. The molecule has 25 heavy (non-hydrogen) atoms. The van der Waals surface area contributed by atoms with Crippen LogP contribution in [-0.2, 0) is 17.8 Å². The maximum atomic E-state index is 13.1. The first-order valence-electron chi connectivity index (χ1n) is 8.79. The van der Waals surface area contributed by atoms with Gasteiger partial charge in [0.1, 0.15) is 5.82 Å². The van der Waals surface area contributed by atoms with Crippen molar-refractivity contribution in [2.24, 2.45) is 0 Å². The number of amides is 1. The molecule has 1 N–H and O–H groups in total. The number of carbonyl (C=O) groups excluding carboxylic acids is 1. The molecule has 1 saturated carbocycles. The highest BCUT2D eigenvalue weighted by Gasteiger charge is 2.23. The average molecular weight is 336 g/mol. The summed E-state index contributed by atoms with van der Waals surface area (Å²) in [6.45, 7) is 0.690. The van der Waals surface area contributed by atoms with Crippen LogP contribution in [0.2, 0.25) is 0 Å². The highest BCUT2D eigenvalue weighted by atomic mass is 19.1. The van der Waals surface area contributed by atoms with Gasteiger partial charge in [-0.05, 0) is 48.6 Å². The fourth-order valence-electron chi connectivity index (χ4n) is 3.22. The fraction of sp³-hybridized carbons (Fsp3) is 0.286. The van der Waals surface area contributed by atoms with E-state index in [0.717, 1.165) is 30.3 Å². The lowest BCUT2D eigenvalue weighted by molar-refractivity contribution is -0.121. The van der Waals surface area contributed by atoms with Crippen LogP contribution in [0.1, 0.15) is 30.4 Å². The number of hydrogen-bond donors (Lipinski definition) is 1. The van der Waals surface area contributed by atoms with E-state index in [-0.39, 0.29) is 11.7 Å². The van der Waals surface area contributed by atoms with Gasteiger partial charge in [-0.15, -0.1) is 0 Å². The minimum atomic E-state index is -0.219. The van der Waals surface area contributed by atoms with E-state index in [1.807, 2.05) is 24.3 Å². The summed E-state index contributed by atoms with van der Waals surface area (Å²) in [5, 5.41) is 4.23. The highest BCUT2D eigenvalue weighted by Crippen LogP contribution is 2.24. The second-order valence-electron chi connectivity index (χ2n) is 6.77. The zero-order valence-corrected chi connectivity index (χ0v) is 14.0. The van der Waals surface area contributed by atoms with E-state index in [0.29, 0.717) is 19.0 Å². The normalized spacial score (nSPS) is 14.0. The minimum Gasteiger partial charge on any atom is -0.353 e. The van der Waals surface area contributed by atoms with Crippen molar-refractivity contribution in [1.29, 1.82) is 0 Å². The van der Waals surface area contributed by atoms with Crippen molar-refractivity contribution in [3.63, 3.8) is 0 Å². The van der Waals surface area contributed by atoms with Crippen molar-refractivity contribution in [2.45, 2.75) is 38.3 Å². The maximum absolute atomic E-state index is 13.1. The summed E-state index contributed by atoms with van der Waals surface area (Å²) in [6, 6.07) is 15.3. The monoisotopic (exact) mass is 336 g/mol. The molecule has 0 spiro atoms. The molecule has 1 fully saturated rings. The van der Waals surface area contributed by atoms with Crippen LogP contribution in [0, 0.1) is 5.82 Å². The number of rotatable bonds is 6. The highest BCUT2D eigenvalue weighted by molar-refractivity contribution is 5.85. The summed E-state index contributed by atoms with van der Waals surface area (Å²) in [7, 11) is 0. The summed E-state index contributed by atoms with van der Waals surface area (Å²) in [5.41, 5.74) is 3.38. The molecule has 0 aliphatic heterocycles. The largest absolute Gasteiger partial charge is 0.353 e. The summed E-state index contributed by atoms with van der Waals surface area (Å²) < 4.78 is 15.3. The number of fused-ring (bicyclic) bond motifs is 1. The Morgan fingerprint density at radius 2 is 1.88 bits per heavy atom. The van der Waals surface area contributed by atoms with Crippen LogP contribution in [0.15, 0.2) is 54.7 Å². The van der Waals surface area contributed by atoms with Crippen molar-refractivity contribution >= 4 is 16.8 Å². The van der Waals surface area contributed by atoms with Gasteiger partial charge in [0.2, 0.25) is 5.91 Å². The van der Waals surface area contributed by atoms with Crippen molar-refractivity contribution in [2.75, 3.05) is 0 Å². The third-order valence-corrected chi connectivity index (χ3v) is 4.70. The van der Waals surface area contributed by atoms with Crippen molar-refractivity contribution in [1.82, 2.24) is 9.88 Å². The van der Waals surface area contributed by atoms with Crippen molar-refractivity contribution in [3.8, 4) is 0 Å². The molecule has 0 bridgehead atoms. The van der Waals surface area contributed by atoms with Gasteiger partial charge in [-0.3, -0.25) is 4.79 Å². The fourth-order valence-corrected chi connectivity index (χ4v) is 3.22. The topological polar surface area (TPSA) is 34.0 Å². The van der Waals surface area contributed by atoms with Crippen molar-refractivity contribution < 1.29 is 9.18 Å². The second-order valence-corrected chi connectivity index (χ2v) is 6.77. The zero-order valence-electron chi connectivity index (χ0n) is 14.0. The maximum Gasteiger partial charge on any atom is 0.220 e. The van der Waals surface area contributed by atoms with Gasteiger partial charge < -0.3 is 9.88 Å². The van der Waals surface area contributed by atoms with E-state index in [9.17, 15) is 9.18 Å². The third kappa shape index (κ3) is 3.73. The van der Waals surface area contributed by atoms with Crippen LogP contribution in [0.25, 0.3) is 10.9 Å². The molecule has 1 heterocycles. The molecule has 2 aromatic carbocycles. The summed E-state index contributed by atoms with van der Waals surface area (Å²) >= 11 is 0. The van der Waals surface area contributed by atoms with Crippen LogP contribution >= 0.6 is 0 Å². The Morgan fingerprint density at radius 3 is 2.64 bits per heavy atom. The molecule has 0 saturated heterocycles. The SMILES string of the molecule is O=C(CCc1cn(Cc2ccc(F)cc2)c2ccccc12)NC1CC1. The third-order valence-electron chi connectivity index (χ3n) is 4.70. The van der Waals surface area contributed by atoms with Crippen LogP contribution in [-0.4, -0.2) is 16.5 Å². The molecule has 0 unspecified atom stereocenters. The molecule has 3 nitrogen and oxygen atoms in total. The van der Waals surface area contributed by atoms with E-state index in [1.165, 1.54) is 23.1 Å². The number of nitrogens with zero attached hydrogens (tertiary/aromatic N) is 1. The molecular formula is C21H21FN2O. The first-order chi connectivity index (χ1) is 12.2. The van der Waals surface area contributed by atoms with Gasteiger partial charge in [0.05, 0.1) is 0 Å². The van der Waals surface area contributed by atoms with Crippen LogP contribution in [0.3, 0.4) is 0 Å². The molecular weight excluding hydrogens is 315 g/mol. The predicted octanol–water partition coefficient (Wildman–Crippen LogP) is 4.04. The van der Waals surface area contributed by atoms with Gasteiger partial charge in [-0.25, -0.2) is 4.39 Å². The molecule has 4 rings (SSSR count). The van der Waals surface area contributed by atoms with Gasteiger partial charge in [-0.1, -0.05) is 30.3 Å². The van der Waals surface area contributed by atoms with Gasteiger partial charge >= 0.3 is 0 Å². The van der Waals surface area contributed by atoms with E-state index in [1.54, 1.807) is 0 Å². The molecule has 128 valence electrons. The molecule has 0 radical (unpaired) electrons. The number of aryl methyl sites for hydroxylation is 1. The molecule has 0 atom stereocenters. The first-order valence-corrected chi connectivity index (χ1v) is 8.79. The Balaban J connectivity index is 1.55. The molecule has 4 heteroatoms. The summed E-state index contributed by atoms with van der Waals surface area (Å²) in [6.07, 6.45) is 5.60. The Labute approximate surface area is 146 Å². The summed E-state index contributed by atoms with van der Waals surface area (Å²) in [5.74, 6) is -0.0821. The molecule has 3 aromatic rings. The smallest absolute Gasteiger partial charge is 0.220 e. The number of nitrogens with one attached hydrogen (secondary N) is 1. The second kappa shape index (κ2) is 6.71. The Morgan fingerprint density at radius 1 is 1.12 bits per heavy atom. The van der Waals surface area contributed by atoms with Crippen molar-refractivity contribution in [3.05, 3.63) is 71.7 Å². The predicted molar refractivity (Wildman–Crippen MR) is 96.9 cm³/mol. The standard InChI is InChI=1S/C21H21FN2O/c22-17-8-5-15(6-9-17)13-24-14-16(19-3-1-2-4-20(19)24)7-12-21(25)23-18-10-11-18/h1-6,8-9,14,18H,7,10-13H2,(H,23,25). The molecule has 1 aromatic heterocycles. The Kier molecular flexibility index (Phi) is 4.26.